The van der Waals surface area contributed by atoms with Crippen LogP contribution in [0.5, 0.6) is 0 Å². The highest BCUT2D eigenvalue weighted by Gasteiger charge is 2.39. The molecule has 0 N–H and O–H groups in total. The van der Waals surface area contributed by atoms with Gasteiger partial charge in [0, 0.05) is 76.7 Å². The Bertz CT molecular complexity index is 5600. The van der Waals surface area contributed by atoms with E-state index < -0.39 is 0 Å². The molecular weight excluding hydrogens is 1210 g/mol. The first-order valence-corrected chi connectivity index (χ1v) is 35.6. The first-order valence-electron chi connectivity index (χ1n) is 35.6. The number of nitrogens with zero attached hydrogens (tertiary/aromatic N) is 5. The van der Waals surface area contributed by atoms with E-state index in [0.29, 0.717) is 5.82 Å². The first-order chi connectivity index (χ1) is 47.9. The molecule has 0 atom stereocenters. The average molecular weight is 1300 g/mol. The van der Waals surface area contributed by atoms with Crippen LogP contribution in [0.2, 0.25) is 0 Å². The lowest BCUT2D eigenvalue weighted by molar-refractivity contribution is 0.568. The predicted octanol–water partition coefficient (Wildman–Crippen LogP) is 25.6. The molecule has 0 radical (unpaired) electrons. The molecule has 490 valence electrons. The van der Waals surface area contributed by atoms with E-state index in [1.54, 1.807) is 0 Å². The zero-order valence-electron chi connectivity index (χ0n) is 60.1. The fraction of sp³-hybridized carbons (Fsp3) is 0.200. The molecule has 0 bridgehead atoms. The number of fused-ring (bicyclic) bond motifs is 13. The Balaban J connectivity index is 1.07. The molecule has 4 aromatic heterocycles. The minimum atomic E-state index is -0.301. The molecule has 4 heterocycles. The van der Waals surface area contributed by atoms with Crippen LogP contribution in [0, 0.1) is 0 Å². The van der Waals surface area contributed by atoms with Crippen molar-refractivity contribution in [2.45, 2.75) is 124 Å². The topological polar surface area (TPSA) is 40.6 Å². The minimum Gasteiger partial charge on any atom is -0.309 e. The Hall–Kier alpha value is -10.9. The monoisotopic (exact) mass is 1300 g/mol. The van der Waals surface area contributed by atoms with Crippen molar-refractivity contribution in [2.75, 3.05) is 0 Å². The molecule has 17 rings (SSSR count). The molecule has 5 heteroatoms. The van der Waals surface area contributed by atoms with E-state index in [1.165, 1.54) is 76.8 Å². The first kappa shape index (κ1) is 62.6. The Morgan fingerprint density at radius 3 is 1.06 bits per heavy atom. The highest BCUT2D eigenvalue weighted by atomic mass is 15.0. The lowest BCUT2D eigenvalue weighted by Gasteiger charge is -2.27. The quantitative estimate of drug-likeness (QED) is 0.152. The molecule has 1 aliphatic rings. The second kappa shape index (κ2) is 22.6. The maximum Gasteiger partial charge on any atom is 0.160 e. The molecule has 0 amide bonds. The second-order valence-corrected chi connectivity index (χ2v) is 32.7. The predicted molar refractivity (Wildman–Crippen MR) is 425 cm³/mol. The van der Waals surface area contributed by atoms with Crippen LogP contribution < -0.4 is 0 Å². The van der Waals surface area contributed by atoms with E-state index in [9.17, 15) is 0 Å². The molecule has 0 spiro atoms. The Morgan fingerprint density at radius 2 is 0.630 bits per heavy atom. The fourth-order valence-corrected chi connectivity index (χ4v) is 16.3. The smallest absolute Gasteiger partial charge is 0.160 e. The molecule has 100 heavy (non-hydrogen) atoms. The van der Waals surface area contributed by atoms with Gasteiger partial charge >= 0.3 is 0 Å². The summed E-state index contributed by atoms with van der Waals surface area (Å²) in [5.74, 6) is 0.686. The number of aromatic nitrogens is 5. The van der Waals surface area contributed by atoms with Crippen LogP contribution >= 0.6 is 0 Å². The SMILES string of the molecule is CC(C)(C)c1cc(-c2cc(-c3cc(-c4ccccc4-n4c5ccccc5c5ccccc54)c(-n4c5ccccc5c5c6c(ccc54)-c4ccccc4C6(C)C)c(-c4ccccc4-n4c5ccccc5c5ccccc54)c3)nc(-c3cc(C(C)(C)C)cc(C(C)(C)C)c3)n2)cc(C(C)(C)C)c1. The van der Waals surface area contributed by atoms with E-state index in [1.807, 2.05) is 0 Å². The van der Waals surface area contributed by atoms with Gasteiger partial charge in [-0.1, -0.05) is 267 Å². The van der Waals surface area contributed by atoms with Gasteiger partial charge in [0.15, 0.2) is 5.82 Å². The third-order valence-electron chi connectivity index (χ3n) is 21.6. The van der Waals surface area contributed by atoms with Gasteiger partial charge in [0.1, 0.15) is 0 Å². The molecule has 0 fully saturated rings. The highest BCUT2D eigenvalue weighted by molar-refractivity contribution is 6.17. The average Bonchev–Trinajstić information content (AvgIpc) is 1.50. The van der Waals surface area contributed by atoms with Crippen LogP contribution in [0.25, 0.3) is 150 Å². The lowest BCUT2D eigenvalue weighted by Crippen LogP contribution is -2.17. The van der Waals surface area contributed by atoms with Gasteiger partial charge in [-0.2, -0.15) is 0 Å². The van der Waals surface area contributed by atoms with Crippen molar-refractivity contribution in [3.8, 4) is 84.3 Å². The van der Waals surface area contributed by atoms with Gasteiger partial charge in [-0.25, -0.2) is 9.97 Å². The Morgan fingerprint density at radius 1 is 0.280 bits per heavy atom. The summed E-state index contributed by atoms with van der Waals surface area (Å²) in [7, 11) is 0. The van der Waals surface area contributed by atoms with Gasteiger partial charge in [-0.05, 0) is 157 Å². The van der Waals surface area contributed by atoms with Gasteiger partial charge in [0.2, 0.25) is 0 Å². The molecule has 0 aliphatic heterocycles. The molecule has 0 saturated heterocycles. The van der Waals surface area contributed by atoms with Gasteiger partial charge in [0.25, 0.3) is 0 Å². The van der Waals surface area contributed by atoms with Crippen molar-refractivity contribution in [1.29, 1.82) is 0 Å². The summed E-state index contributed by atoms with van der Waals surface area (Å²) in [6.07, 6.45) is 0. The minimum absolute atomic E-state index is 0.142. The van der Waals surface area contributed by atoms with Gasteiger partial charge < -0.3 is 13.7 Å². The number of hydrogen-bond acceptors (Lipinski definition) is 2. The molecular formula is C95H85N5. The van der Waals surface area contributed by atoms with Crippen molar-refractivity contribution >= 4 is 65.4 Å². The largest absolute Gasteiger partial charge is 0.309 e. The zero-order valence-corrected chi connectivity index (χ0v) is 60.1. The third kappa shape index (κ3) is 10.0. The van der Waals surface area contributed by atoms with Crippen LogP contribution in [0.3, 0.4) is 0 Å². The van der Waals surface area contributed by atoms with Crippen LogP contribution in [-0.2, 0) is 27.1 Å². The van der Waals surface area contributed by atoms with E-state index >= 15 is 0 Å². The number of benzene rings is 12. The maximum atomic E-state index is 6.00. The van der Waals surface area contributed by atoms with Crippen molar-refractivity contribution in [3.05, 3.63) is 294 Å². The van der Waals surface area contributed by atoms with E-state index in [4.69, 9.17) is 9.97 Å². The third-order valence-corrected chi connectivity index (χ3v) is 21.6. The number of para-hydroxylation sites is 7. The summed E-state index contributed by atoms with van der Waals surface area (Å²) in [6.45, 7) is 32.7. The number of rotatable bonds is 8. The Labute approximate surface area is 588 Å². The molecule has 0 unspecified atom stereocenters. The van der Waals surface area contributed by atoms with E-state index in [-0.39, 0.29) is 27.1 Å². The van der Waals surface area contributed by atoms with Crippen molar-refractivity contribution in [1.82, 2.24) is 23.7 Å². The van der Waals surface area contributed by atoms with Crippen molar-refractivity contribution in [3.63, 3.8) is 0 Å². The highest BCUT2D eigenvalue weighted by Crippen LogP contribution is 2.55. The van der Waals surface area contributed by atoms with Gasteiger partial charge in [-0.3, -0.25) is 0 Å². The number of hydrogen-bond donors (Lipinski definition) is 0. The van der Waals surface area contributed by atoms with Crippen LogP contribution in [0.4, 0.5) is 0 Å². The van der Waals surface area contributed by atoms with Crippen molar-refractivity contribution in [2.24, 2.45) is 0 Å². The van der Waals surface area contributed by atoms with Crippen LogP contribution in [-0.4, -0.2) is 23.7 Å². The summed E-state index contributed by atoms with van der Waals surface area (Å²) < 4.78 is 7.65. The zero-order chi connectivity index (χ0) is 69.1. The van der Waals surface area contributed by atoms with Gasteiger partial charge in [0.05, 0.1) is 61.6 Å². The molecule has 12 aromatic carbocycles. The lowest BCUT2D eigenvalue weighted by atomic mass is 9.79. The summed E-state index contributed by atoms with van der Waals surface area (Å²) in [5, 5.41) is 7.31. The summed E-state index contributed by atoms with van der Waals surface area (Å²) in [6, 6.07) is 98.6. The second-order valence-electron chi connectivity index (χ2n) is 32.7. The maximum absolute atomic E-state index is 6.00. The fourth-order valence-electron chi connectivity index (χ4n) is 16.3. The van der Waals surface area contributed by atoms with Gasteiger partial charge in [-0.15, -0.1) is 0 Å². The summed E-state index contributed by atoms with van der Waals surface area (Å²) in [5.41, 5.74) is 28.5. The summed E-state index contributed by atoms with van der Waals surface area (Å²) >= 11 is 0. The molecule has 5 nitrogen and oxygen atoms in total. The van der Waals surface area contributed by atoms with E-state index in [2.05, 4.69) is 371 Å². The van der Waals surface area contributed by atoms with Crippen LogP contribution in [0.15, 0.2) is 261 Å². The molecule has 1 aliphatic carbocycles. The van der Waals surface area contributed by atoms with Crippen molar-refractivity contribution < 1.29 is 0 Å². The normalized spacial score (nSPS) is 13.4. The summed E-state index contributed by atoms with van der Waals surface area (Å²) in [4.78, 5) is 11.8. The van der Waals surface area contributed by atoms with E-state index in [0.717, 1.165) is 100 Å². The Kier molecular flexibility index (Phi) is 14.1. The molecule has 0 saturated carbocycles. The molecule has 16 aromatic rings. The van der Waals surface area contributed by atoms with Crippen LogP contribution in [0.1, 0.15) is 130 Å². The standard InChI is InChI=1S/C95H85N5/c1-91(2,3)61-49-58(50-62(55-61)92(4,5)6)77-57-78(97-90(96-77)60-51-63(93(7,8)9)56-64(52-60)94(10,11)12)59-53-74(70-36-20-28-44-83(70)98-79-40-24-16-32-66(79)67-33-17-25-41-80(67)98)89(75(54-59)71-37-21-29-45-84(71)99-81-42-26-18-34-68(81)69-35-19-27-43-82(69)99)100-85-46-30-22-38-73(85)87-86(100)48-47-72-65-31-15-23-39-76(65)95(13,14)88(72)87/h15-57H,1-14H3.